The highest BCUT2D eigenvalue weighted by Crippen LogP contribution is 2.22. The van der Waals surface area contributed by atoms with E-state index in [0.717, 1.165) is 5.56 Å². The van der Waals surface area contributed by atoms with Gasteiger partial charge in [0.2, 0.25) is 0 Å². The summed E-state index contributed by atoms with van der Waals surface area (Å²) in [6, 6.07) is 12.8. The number of nitro benzene ring substituents is 1. The third-order valence-electron chi connectivity index (χ3n) is 3.30. The van der Waals surface area contributed by atoms with Gasteiger partial charge in [-0.15, -0.1) is 0 Å². The minimum atomic E-state index is -0.534. The molecule has 0 aliphatic heterocycles. The Labute approximate surface area is 135 Å². The van der Waals surface area contributed by atoms with Crippen LogP contribution < -0.4 is 10.9 Å². The van der Waals surface area contributed by atoms with E-state index in [4.69, 9.17) is 16.0 Å². The van der Waals surface area contributed by atoms with Gasteiger partial charge in [0, 0.05) is 29.1 Å². The van der Waals surface area contributed by atoms with Crippen molar-refractivity contribution in [3.05, 3.63) is 79.7 Å². The molecule has 0 fully saturated rings. The first kappa shape index (κ1) is 15.1. The van der Waals surface area contributed by atoms with Gasteiger partial charge in [-0.1, -0.05) is 23.7 Å². The predicted molar refractivity (Wildman–Crippen MR) is 87.9 cm³/mol. The first-order valence-corrected chi connectivity index (χ1v) is 7.11. The Morgan fingerprint density at radius 2 is 2.00 bits per heavy atom. The van der Waals surface area contributed by atoms with Gasteiger partial charge in [0.25, 0.3) is 5.69 Å². The minimum Gasteiger partial charge on any atom is -0.421 e. The molecule has 7 heteroatoms. The number of non-ortho nitro benzene ring substituents is 1. The van der Waals surface area contributed by atoms with Crippen molar-refractivity contribution in [1.29, 1.82) is 0 Å². The molecule has 0 aliphatic carbocycles. The zero-order valence-electron chi connectivity index (χ0n) is 11.8. The van der Waals surface area contributed by atoms with Crippen LogP contribution in [0.1, 0.15) is 5.56 Å². The monoisotopic (exact) mass is 330 g/mol. The molecule has 0 bridgehead atoms. The lowest BCUT2D eigenvalue weighted by molar-refractivity contribution is -0.384. The van der Waals surface area contributed by atoms with Crippen LogP contribution in [0.4, 0.5) is 11.4 Å². The van der Waals surface area contributed by atoms with Gasteiger partial charge in [-0.3, -0.25) is 10.1 Å². The summed E-state index contributed by atoms with van der Waals surface area (Å²) < 4.78 is 5.17. The zero-order valence-corrected chi connectivity index (χ0v) is 12.5. The van der Waals surface area contributed by atoms with Crippen molar-refractivity contribution in [2.24, 2.45) is 0 Å². The van der Waals surface area contributed by atoms with Gasteiger partial charge < -0.3 is 9.73 Å². The second-order valence-electron chi connectivity index (χ2n) is 4.91. The molecule has 1 aromatic heterocycles. The van der Waals surface area contributed by atoms with Crippen molar-refractivity contribution >= 4 is 33.9 Å². The topological polar surface area (TPSA) is 85.4 Å². The fraction of sp³-hybridized carbons (Fsp3) is 0.0625. The Morgan fingerprint density at radius 3 is 2.74 bits per heavy atom. The molecule has 1 heterocycles. The van der Waals surface area contributed by atoms with Gasteiger partial charge >= 0.3 is 5.63 Å². The van der Waals surface area contributed by atoms with Crippen LogP contribution in [0.2, 0.25) is 5.02 Å². The van der Waals surface area contributed by atoms with Gasteiger partial charge in [-0.2, -0.15) is 0 Å². The number of anilines is 1. The van der Waals surface area contributed by atoms with Gasteiger partial charge in [-0.25, -0.2) is 4.79 Å². The number of nitrogens with one attached hydrogen (secondary N) is 1. The molecule has 0 unspecified atom stereocenters. The molecule has 1 N–H and O–H groups in total. The van der Waals surface area contributed by atoms with Gasteiger partial charge in [0.05, 0.1) is 4.92 Å². The molecule has 0 amide bonds. The van der Waals surface area contributed by atoms with Gasteiger partial charge in [0.15, 0.2) is 0 Å². The summed E-state index contributed by atoms with van der Waals surface area (Å²) in [5.74, 6) is 0. The molecule has 23 heavy (non-hydrogen) atoms. The summed E-state index contributed by atoms with van der Waals surface area (Å²) in [5, 5.41) is 14.9. The second-order valence-corrected chi connectivity index (χ2v) is 5.35. The highest BCUT2D eigenvalue weighted by Gasteiger charge is 2.10. The number of rotatable bonds is 4. The number of benzene rings is 2. The SMILES string of the molecule is O=c1oc2ccc([N+](=O)[O-])cc2cc1NCc1cccc(Cl)c1. The number of nitrogens with zero attached hydrogens (tertiary/aromatic N) is 1. The molecule has 0 atom stereocenters. The van der Waals surface area contributed by atoms with Crippen LogP contribution in [-0.2, 0) is 6.54 Å². The summed E-state index contributed by atoms with van der Waals surface area (Å²) in [4.78, 5) is 22.3. The molecule has 0 aliphatic rings. The molecule has 0 saturated heterocycles. The molecule has 116 valence electrons. The van der Waals surface area contributed by atoms with Crippen LogP contribution >= 0.6 is 11.6 Å². The molecular weight excluding hydrogens is 320 g/mol. The Bertz CT molecular complexity index is 952. The van der Waals surface area contributed by atoms with Crippen molar-refractivity contribution in [3.8, 4) is 0 Å². The Morgan fingerprint density at radius 1 is 1.17 bits per heavy atom. The third kappa shape index (κ3) is 3.32. The maximum Gasteiger partial charge on any atom is 0.359 e. The summed E-state index contributed by atoms with van der Waals surface area (Å²) in [6.45, 7) is 0.381. The number of hydrogen-bond donors (Lipinski definition) is 1. The van der Waals surface area contributed by atoms with Gasteiger partial charge in [0.1, 0.15) is 11.3 Å². The van der Waals surface area contributed by atoms with E-state index in [1.807, 2.05) is 12.1 Å². The lowest BCUT2D eigenvalue weighted by Crippen LogP contribution is -2.10. The average molecular weight is 331 g/mol. The summed E-state index contributed by atoms with van der Waals surface area (Å²) >= 11 is 5.91. The number of fused-ring (bicyclic) bond motifs is 1. The Hall–Kier alpha value is -2.86. The van der Waals surface area contributed by atoms with E-state index in [1.54, 1.807) is 18.2 Å². The molecule has 3 rings (SSSR count). The smallest absolute Gasteiger partial charge is 0.359 e. The van der Waals surface area contributed by atoms with Crippen molar-refractivity contribution in [1.82, 2.24) is 0 Å². The number of halogens is 1. The van der Waals surface area contributed by atoms with E-state index >= 15 is 0 Å². The average Bonchev–Trinajstić information content (AvgIpc) is 2.52. The Balaban J connectivity index is 1.92. The Kier molecular flexibility index (Phi) is 3.99. The second kappa shape index (κ2) is 6.10. The molecular formula is C16H11ClN2O4. The van der Waals surface area contributed by atoms with Gasteiger partial charge in [-0.05, 0) is 29.8 Å². The van der Waals surface area contributed by atoms with E-state index in [9.17, 15) is 14.9 Å². The molecule has 2 aromatic carbocycles. The lowest BCUT2D eigenvalue weighted by Gasteiger charge is -2.06. The molecule has 6 nitrogen and oxygen atoms in total. The largest absolute Gasteiger partial charge is 0.421 e. The van der Waals surface area contributed by atoms with E-state index < -0.39 is 10.5 Å². The standard InChI is InChI=1S/C16H11ClN2O4/c17-12-3-1-2-10(6-12)9-18-14-8-11-7-13(19(21)22)4-5-15(11)23-16(14)20/h1-8,18H,9H2. The van der Waals surface area contributed by atoms with E-state index in [1.165, 1.54) is 18.2 Å². The molecule has 0 spiro atoms. The van der Waals surface area contributed by atoms with Crippen LogP contribution in [0, 0.1) is 10.1 Å². The van der Waals surface area contributed by atoms with E-state index in [0.29, 0.717) is 22.5 Å². The van der Waals surface area contributed by atoms with Crippen LogP contribution in [-0.4, -0.2) is 4.92 Å². The summed E-state index contributed by atoms with van der Waals surface area (Å²) in [6.07, 6.45) is 0. The molecule has 0 saturated carbocycles. The van der Waals surface area contributed by atoms with Crippen molar-refractivity contribution in [3.63, 3.8) is 0 Å². The quantitative estimate of drug-likeness (QED) is 0.444. The maximum absolute atomic E-state index is 12.0. The van der Waals surface area contributed by atoms with Crippen LogP contribution in [0.25, 0.3) is 11.0 Å². The van der Waals surface area contributed by atoms with Crippen LogP contribution in [0.15, 0.2) is 57.7 Å². The summed E-state index contributed by atoms with van der Waals surface area (Å²) in [7, 11) is 0. The van der Waals surface area contributed by atoms with E-state index in [2.05, 4.69) is 5.32 Å². The fourth-order valence-corrected chi connectivity index (χ4v) is 2.40. The first-order valence-electron chi connectivity index (χ1n) is 6.73. The predicted octanol–water partition coefficient (Wildman–Crippen LogP) is 3.97. The van der Waals surface area contributed by atoms with Crippen molar-refractivity contribution in [2.75, 3.05) is 5.32 Å². The summed E-state index contributed by atoms with van der Waals surface area (Å²) in [5.41, 5.74) is 0.837. The van der Waals surface area contributed by atoms with Crippen molar-refractivity contribution in [2.45, 2.75) is 6.54 Å². The highest BCUT2D eigenvalue weighted by atomic mass is 35.5. The number of nitro groups is 1. The highest BCUT2D eigenvalue weighted by molar-refractivity contribution is 6.30. The first-order chi connectivity index (χ1) is 11.0. The van der Waals surface area contributed by atoms with E-state index in [-0.39, 0.29) is 11.4 Å². The van der Waals surface area contributed by atoms with Crippen LogP contribution in [0.5, 0.6) is 0 Å². The number of hydrogen-bond acceptors (Lipinski definition) is 5. The molecule has 0 radical (unpaired) electrons. The van der Waals surface area contributed by atoms with Crippen molar-refractivity contribution < 1.29 is 9.34 Å². The van der Waals surface area contributed by atoms with Crippen LogP contribution in [0.3, 0.4) is 0 Å². The normalized spacial score (nSPS) is 10.7. The minimum absolute atomic E-state index is 0.0628. The zero-order chi connectivity index (χ0) is 16.4. The maximum atomic E-state index is 12.0. The molecule has 3 aromatic rings. The third-order valence-corrected chi connectivity index (χ3v) is 3.53. The lowest BCUT2D eigenvalue weighted by atomic mass is 10.2. The fourth-order valence-electron chi connectivity index (χ4n) is 2.19.